The van der Waals surface area contributed by atoms with Crippen LogP contribution in [0.3, 0.4) is 0 Å². The van der Waals surface area contributed by atoms with Crippen LogP contribution < -0.4 is 10.6 Å². The van der Waals surface area contributed by atoms with Gasteiger partial charge in [-0.25, -0.2) is 4.68 Å². The molecule has 0 unspecified atom stereocenters. The lowest BCUT2D eigenvalue weighted by atomic mass is 10.1. The van der Waals surface area contributed by atoms with Crippen LogP contribution in [0, 0.1) is 0 Å². The van der Waals surface area contributed by atoms with Gasteiger partial charge in [-0.2, -0.15) is 5.10 Å². The molecule has 28 heavy (non-hydrogen) atoms. The summed E-state index contributed by atoms with van der Waals surface area (Å²) in [6, 6.07) is 19.6. The summed E-state index contributed by atoms with van der Waals surface area (Å²) in [5.74, 6) is -0.552. The van der Waals surface area contributed by atoms with E-state index in [0.29, 0.717) is 6.54 Å². The zero-order valence-corrected chi connectivity index (χ0v) is 15.6. The molecule has 1 aromatic heterocycles. The fraction of sp³-hybridized carbons (Fsp3) is 0.136. The third-order valence-corrected chi connectivity index (χ3v) is 4.02. The van der Waals surface area contributed by atoms with Crippen molar-refractivity contribution in [2.45, 2.75) is 6.92 Å². The van der Waals surface area contributed by atoms with Gasteiger partial charge in [0.15, 0.2) is 0 Å². The first-order valence-corrected chi connectivity index (χ1v) is 9.10. The van der Waals surface area contributed by atoms with Gasteiger partial charge in [-0.05, 0) is 25.1 Å². The molecule has 6 nitrogen and oxygen atoms in total. The summed E-state index contributed by atoms with van der Waals surface area (Å²) in [7, 11) is 0. The molecule has 0 aliphatic rings. The van der Waals surface area contributed by atoms with Gasteiger partial charge in [-0.15, -0.1) is 0 Å². The van der Waals surface area contributed by atoms with Crippen LogP contribution in [0.4, 0.5) is 0 Å². The second-order valence-corrected chi connectivity index (χ2v) is 6.08. The van der Waals surface area contributed by atoms with Crippen LogP contribution in [-0.2, 0) is 9.59 Å². The minimum atomic E-state index is -0.335. The Labute approximate surface area is 163 Å². The molecule has 142 valence electrons. The SMILES string of the molecule is CCNC(=O)CNC(=O)/C=C/c1cn(-c2ccccc2)nc1-c1ccccc1. The lowest BCUT2D eigenvalue weighted by Gasteiger charge is -2.02. The van der Waals surface area contributed by atoms with Crippen molar-refractivity contribution in [3.63, 3.8) is 0 Å². The van der Waals surface area contributed by atoms with Crippen LogP contribution in [0.15, 0.2) is 72.9 Å². The maximum Gasteiger partial charge on any atom is 0.244 e. The van der Waals surface area contributed by atoms with E-state index in [1.165, 1.54) is 6.08 Å². The van der Waals surface area contributed by atoms with Gasteiger partial charge >= 0.3 is 0 Å². The number of hydrogen-bond acceptors (Lipinski definition) is 3. The molecule has 0 radical (unpaired) electrons. The van der Waals surface area contributed by atoms with Crippen LogP contribution in [-0.4, -0.2) is 34.7 Å². The molecule has 6 heteroatoms. The van der Waals surface area contributed by atoms with E-state index in [1.807, 2.05) is 73.8 Å². The zero-order chi connectivity index (χ0) is 19.8. The number of nitrogens with zero attached hydrogens (tertiary/aromatic N) is 2. The fourth-order valence-electron chi connectivity index (χ4n) is 2.69. The van der Waals surface area contributed by atoms with Crippen LogP contribution in [0.25, 0.3) is 23.0 Å². The van der Waals surface area contributed by atoms with Crippen molar-refractivity contribution in [1.82, 2.24) is 20.4 Å². The lowest BCUT2D eigenvalue weighted by molar-refractivity contribution is -0.123. The third-order valence-electron chi connectivity index (χ3n) is 4.02. The topological polar surface area (TPSA) is 76.0 Å². The van der Waals surface area contributed by atoms with Gasteiger partial charge in [-0.1, -0.05) is 48.5 Å². The number of amides is 2. The van der Waals surface area contributed by atoms with Crippen molar-refractivity contribution in [1.29, 1.82) is 0 Å². The number of benzene rings is 2. The van der Waals surface area contributed by atoms with Gasteiger partial charge in [0, 0.05) is 29.9 Å². The minimum absolute atomic E-state index is 0.0498. The highest BCUT2D eigenvalue weighted by Crippen LogP contribution is 2.24. The predicted molar refractivity (Wildman–Crippen MR) is 110 cm³/mol. The fourth-order valence-corrected chi connectivity index (χ4v) is 2.69. The smallest absolute Gasteiger partial charge is 0.244 e. The maximum absolute atomic E-state index is 12.0. The Morgan fingerprint density at radius 2 is 1.68 bits per heavy atom. The van der Waals surface area contributed by atoms with E-state index < -0.39 is 0 Å². The summed E-state index contributed by atoms with van der Waals surface area (Å²) in [5.41, 5.74) is 3.47. The van der Waals surface area contributed by atoms with Crippen LogP contribution in [0.1, 0.15) is 12.5 Å². The van der Waals surface area contributed by atoms with E-state index in [1.54, 1.807) is 10.8 Å². The Balaban J connectivity index is 1.84. The van der Waals surface area contributed by atoms with E-state index >= 15 is 0 Å². The highest BCUT2D eigenvalue weighted by molar-refractivity contribution is 5.95. The Morgan fingerprint density at radius 1 is 1.00 bits per heavy atom. The molecule has 0 aliphatic carbocycles. The molecule has 0 atom stereocenters. The zero-order valence-electron chi connectivity index (χ0n) is 15.6. The molecule has 3 rings (SSSR count). The summed E-state index contributed by atoms with van der Waals surface area (Å²) in [5, 5.41) is 9.90. The number of nitrogens with one attached hydrogen (secondary N) is 2. The first-order chi connectivity index (χ1) is 13.7. The van der Waals surface area contributed by atoms with Gasteiger partial charge in [0.1, 0.15) is 0 Å². The number of carbonyl (C=O) groups is 2. The van der Waals surface area contributed by atoms with E-state index in [4.69, 9.17) is 5.10 Å². The number of carbonyl (C=O) groups excluding carboxylic acids is 2. The van der Waals surface area contributed by atoms with Gasteiger partial charge in [0.25, 0.3) is 0 Å². The normalized spacial score (nSPS) is 10.8. The molecule has 0 aliphatic heterocycles. The lowest BCUT2D eigenvalue weighted by Crippen LogP contribution is -2.35. The van der Waals surface area contributed by atoms with Gasteiger partial charge in [0.05, 0.1) is 17.9 Å². The van der Waals surface area contributed by atoms with Crippen molar-refractivity contribution in [2.75, 3.05) is 13.1 Å². The predicted octanol–water partition coefficient (Wildman–Crippen LogP) is 2.80. The molecule has 0 saturated carbocycles. The Hall–Kier alpha value is -3.67. The molecule has 1 heterocycles. The summed E-state index contributed by atoms with van der Waals surface area (Å²) < 4.78 is 1.79. The third kappa shape index (κ3) is 4.94. The first kappa shape index (κ1) is 19.1. The first-order valence-electron chi connectivity index (χ1n) is 9.10. The highest BCUT2D eigenvalue weighted by atomic mass is 16.2. The summed E-state index contributed by atoms with van der Waals surface area (Å²) in [4.78, 5) is 23.5. The van der Waals surface area contributed by atoms with Crippen LogP contribution in [0.5, 0.6) is 0 Å². The largest absolute Gasteiger partial charge is 0.355 e. The molecule has 0 fully saturated rings. The Bertz CT molecular complexity index is 963. The number of likely N-dealkylation sites (N-methyl/N-ethyl adjacent to an activating group) is 1. The van der Waals surface area contributed by atoms with Gasteiger partial charge in [0.2, 0.25) is 11.8 Å². The summed E-state index contributed by atoms with van der Waals surface area (Å²) in [6.45, 7) is 2.31. The molecule has 0 saturated heterocycles. The highest BCUT2D eigenvalue weighted by Gasteiger charge is 2.10. The monoisotopic (exact) mass is 374 g/mol. The molecule has 2 aromatic carbocycles. The van der Waals surface area contributed by atoms with E-state index in [2.05, 4.69) is 10.6 Å². The molecule has 2 amide bonds. The van der Waals surface area contributed by atoms with Crippen molar-refractivity contribution >= 4 is 17.9 Å². The standard InChI is InChI=1S/C22H22N4O2/c1-2-23-21(28)15-24-20(27)14-13-18-16-26(19-11-7-4-8-12-19)25-22(18)17-9-5-3-6-10-17/h3-14,16H,2,15H2,1H3,(H,23,28)(H,24,27)/b14-13+. The number of para-hydroxylation sites is 1. The quantitative estimate of drug-likeness (QED) is 0.625. The molecule has 0 bridgehead atoms. The molecule has 0 spiro atoms. The Kier molecular flexibility index (Phi) is 6.36. The second-order valence-electron chi connectivity index (χ2n) is 6.08. The van der Waals surface area contributed by atoms with Gasteiger partial charge < -0.3 is 10.6 Å². The van der Waals surface area contributed by atoms with Crippen LogP contribution >= 0.6 is 0 Å². The summed E-state index contributed by atoms with van der Waals surface area (Å²) >= 11 is 0. The van der Waals surface area contributed by atoms with Crippen molar-refractivity contribution < 1.29 is 9.59 Å². The molecule has 2 N–H and O–H groups in total. The number of hydrogen-bond donors (Lipinski definition) is 2. The molecule has 3 aromatic rings. The van der Waals surface area contributed by atoms with Crippen molar-refractivity contribution in [3.8, 4) is 16.9 Å². The summed E-state index contributed by atoms with van der Waals surface area (Å²) in [6.07, 6.45) is 5.01. The second kappa shape index (κ2) is 9.32. The average molecular weight is 374 g/mol. The van der Waals surface area contributed by atoms with E-state index in [0.717, 1.165) is 22.5 Å². The van der Waals surface area contributed by atoms with Crippen LogP contribution in [0.2, 0.25) is 0 Å². The number of rotatable bonds is 7. The van der Waals surface area contributed by atoms with E-state index in [-0.39, 0.29) is 18.4 Å². The maximum atomic E-state index is 12.0. The van der Waals surface area contributed by atoms with E-state index in [9.17, 15) is 9.59 Å². The van der Waals surface area contributed by atoms with Crippen molar-refractivity contribution in [3.05, 3.63) is 78.5 Å². The average Bonchev–Trinajstić information content (AvgIpc) is 3.16. The minimum Gasteiger partial charge on any atom is -0.355 e. The molecular formula is C22H22N4O2. The number of aromatic nitrogens is 2. The van der Waals surface area contributed by atoms with Crippen molar-refractivity contribution in [2.24, 2.45) is 0 Å². The molecular weight excluding hydrogens is 352 g/mol. The van der Waals surface area contributed by atoms with Gasteiger partial charge in [-0.3, -0.25) is 9.59 Å². The Morgan fingerprint density at radius 3 is 2.36 bits per heavy atom.